The summed E-state index contributed by atoms with van der Waals surface area (Å²) in [5.41, 5.74) is 2.27. The van der Waals surface area contributed by atoms with Gasteiger partial charge < -0.3 is 9.52 Å². The zero-order valence-electron chi connectivity index (χ0n) is 11.8. The van der Waals surface area contributed by atoms with Crippen molar-refractivity contribution in [3.8, 4) is 5.75 Å². The summed E-state index contributed by atoms with van der Waals surface area (Å²) >= 11 is 0. The summed E-state index contributed by atoms with van der Waals surface area (Å²) in [6, 6.07) is 9.42. The Labute approximate surface area is 117 Å². The Morgan fingerprint density at radius 1 is 1.25 bits per heavy atom. The molecule has 0 aliphatic heterocycles. The molecule has 2 aromatic rings. The Morgan fingerprint density at radius 2 is 1.90 bits per heavy atom. The highest BCUT2D eigenvalue weighted by atomic mass is 16.4. The number of hydrogen-bond acceptors (Lipinski definition) is 4. The molecule has 0 amide bonds. The van der Waals surface area contributed by atoms with Gasteiger partial charge in [-0.2, -0.15) is 0 Å². The molecule has 2 rings (SSSR count). The van der Waals surface area contributed by atoms with Crippen LogP contribution < -0.4 is 5.63 Å². The SMILES string of the molecule is CC(=NCc1ccc(C)cc1)c1c(O)cc(C)oc1=O. The fourth-order valence-corrected chi connectivity index (χ4v) is 1.91. The Kier molecular flexibility index (Phi) is 4.03. The van der Waals surface area contributed by atoms with Crippen molar-refractivity contribution in [3.05, 3.63) is 63.2 Å². The first kappa shape index (κ1) is 14.1. The van der Waals surface area contributed by atoms with Gasteiger partial charge in [-0.15, -0.1) is 0 Å². The maximum absolute atomic E-state index is 11.8. The molecule has 1 N–H and O–H groups in total. The van der Waals surface area contributed by atoms with Gasteiger partial charge in [-0.05, 0) is 26.3 Å². The van der Waals surface area contributed by atoms with Gasteiger partial charge in [0.25, 0.3) is 0 Å². The van der Waals surface area contributed by atoms with E-state index in [0.29, 0.717) is 18.0 Å². The standard InChI is InChI=1S/C16H17NO3/c1-10-4-6-13(7-5-10)9-17-12(3)15-14(18)8-11(2)20-16(15)19/h4-8,18H,9H2,1-3H3. The van der Waals surface area contributed by atoms with E-state index in [1.165, 1.54) is 11.6 Å². The summed E-state index contributed by atoms with van der Waals surface area (Å²) in [6.07, 6.45) is 0. The molecule has 0 spiro atoms. The third-order valence-electron chi connectivity index (χ3n) is 3.04. The van der Waals surface area contributed by atoms with Crippen LogP contribution in [0.4, 0.5) is 0 Å². The molecule has 0 saturated heterocycles. The molecule has 0 unspecified atom stereocenters. The van der Waals surface area contributed by atoms with Crippen LogP contribution in [0.3, 0.4) is 0 Å². The topological polar surface area (TPSA) is 62.8 Å². The van der Waals surface area contributed by atoms with E-state index in [1.807, 2.05) is 31.2 Å². The molecule has 4 heteroatoms. The summed E-state index contributed by atoms with van der Waals surface area (Å²) in [5, 5.41) is 9.84. The van der Waals surface area contributed by atoms with Crippen molar-refractivity contribution in [3.63, 3.8) is 0 Å². The van der Waals surface area contributed by atoms with Crippen molar-refractivity contribution in [2.75, 3.05) is 0 Å². The first-order valence-corrected chi connectivity index (χ1v) is 6.38. The largest absolute Gasteiger partial charge is 0.507 e. The normalized spacial score (nSPS) is 11.7. The minimum Gasteiger partial charge on any atom is -0.507 e. The maximum Gasteiger partial charge on any atom is 0.348 e. The van der Waals surface area contributed by atoms with Crippen molar-refractivity contribution in [2.24, 2.45) is 4.99 Å². The molecular formula is C16H17NO3. The Morgan fingerprint density at radius 3 is 2.50 bits per heavy atom. The molecule has 0 atom stereocenters. The van der Waals surface area contributed by atoms with E-state index >= 15 is 0 Å². The van der Waals surface area contributed by atoms with Gasteiger partial charge >= 0.3 is 5.63 Å². The van der Waals surface area contributed by atoms with E-state index < -0.39 is 5.63 Å². The summed E-state index contributed by atoms with van der Waals surface area (Å²) in [5.74, 6) is 0.284. The number of benzene rings is 1. The van der Waals surface area contributed by atoms with E-state index in [4.69, 9.17) is 4.42 Å². The number of hydrogen-bond donors (Lipinski definition) is 1. The highest BCUT2D eigenvalue weighted by Crippen LogP contribution is 2.16. The van der Waals surface area contributed by atoms with E-state index in [0.717, 1.165) is 5.56 Å². The molecule has 4 nitrogen and oxygen atoms in total. The number of aromatic hydroxyl groups is 1. The van der Waals surface area contributed by atoms with Gasteiger partial charge in [0.1, 0.15) is 17.1 Å². The van der Waals surface area contributed by atoms with Crippen LogP contribution in [0.2, 0.25) is 0 Å². The minimum absolute atomic E-state index is 0.0936. The second-order valence-electron chi connectivity index (χ2n) is 4.79. The maximum atomic E-state index is 11.8. The Hall–Kier alpha value is -2.36. The van der Waals surface area contributed by atoms with Gasteiger partial charge in [-0.3, -0.25) is 4.99 Å². The lowest BCUT2D eigenvalue weighted by molar-refractivity contribution is 0.432. The fraction of sp³-hybridized carbons (Fsp3) is 0.250. The number of aryl methyl sites for hydroxylation is 2. The third kappa shape index (κ3) is 3.15. The predicted molar refractivity (Wildman–Crippen MR) is 78.5 cm³/mol. The van der Waals surface area contributed by atoms with Crippen LogP contribution in [0.1, 0.15) is 29.4 Å². The van der Waals surface area contributed by atoms with Crippen LogP contribution in [0.15, 0.2) is 44.5 Å². The summed E-state index contributed by atoms with van der Waals surface area (Å²) in [4.78, 5) is 16.1. The van der Waals surface area contributed by atoms with E-state index in [2.05, 4.69) is 4.99 Å². The van der Waals surface area contributed by atoms with Crippen LogP contribution in [0, 0.1) is 13.8 Å². The van der Waals surface area contributed by atoms with Gasteiger partial charge in [0, 0.05) is 6.07 Å². The van der Waals surface area contributed by atoms with Gasteiger partial charge in [-0.1, -0.05) is 29.8 Å². The van der Waals surface area contributed by atoms with Crippen molar-refractivity contribution >= 4 is 5.71 Å². The van der Waals surface area contributed by atoms with Gasteiger partial charge in [0.15, 0.2) is 0 Å². The Bertz CT molecular complexity index is 697. The molecular weight excluding hydrogens is 254 g/mol. The smallest absolute Gasteiger partial charge is 0.348 e. The minimum atomic E-state index is -0.562. The lowest BCUT2D eigenvalue weighted by Gasteiger charge is -2.04. The predicted octanol–water partition coefficient (Wildman–Crippen LogP) is 2.97. The quantitative estimate of drug-likeness (QED) is 0.873. The van der Waals surface area contributed by atoms with Gasteiger partial charge in [0.05, 0.1) is 12.3 Å². The van der Waals surface area contributed by atoms with Crippen molar-refractivity contribution in [2.45, 2.75) is 27.3 Å². The number of nitrogens with zero attached hydrogens (tertiary/aromatic N) is 1. The van der Waals surface area contributed by atoms with E-state index in [-0.39, 0.29) is 11.3 Å². The molecule has 0 aliphatic rings. The Balaban J connectivity index is 2.27. The molecule has 0 bridgehead atoms. The molecule has 1 heterocycles. The van der Waals surface area contributed by atoms with E-state index in [9.17, 15) is 9.90 Å². The van der Waals surface area contributed by atoms with E-state index in [1.54, 1.807) is 13.8 Å². The lowest BCUT2D eigenvalue weighted by atomic mass is 10.1. The van der Waals surface area contributed by atoms with Crippen LogP contribution in [-0.4, -0.2) is 10.8 Å². The number of rotatable bonds is 3. The van der Waals surface area contributed by atoms with Crippen molar-refractivity contribution < 1.29 is 9.52 Å². The summed E-state index contributed by atoms with van der Waals surface area (Å²) in [7, 11) is 0. The molecule has 0 fully saturated rings. The number of aliphatic imine (C=N–C) groups is 1. The van der Waals surface area contributed by atoms with Crippen molar-refractivity contribution in [1.29, 1.82) is 0 Å². The van der Waals surface area contributed by atoms with Gasteiger partial charge in [0.2, 0.25) is 0 Å². The fourth-order valence-electron chi connectivity index (χ4n) is 1.91. The van der Waals surface area contributed by atoms with Crippen LogP contribution >= 0.6 is 0 Å². The second kappa shape index (κ2) is 5.74. The summed E-state index contributed by atoms with van der Waals surface area (Å²) in [6.45, 7) is 5.78. The molecule has 1 aromatic heterocycles. The first-order valence-electron chi connectivity index (χ1n) is 6.38. The van der Waals surface area contributed by atoms with Crippen LogP contribution in [0.5, 0.6) is 5.75 Å². The van der Waals surface area contributed by atoms with Crippen molar-refractivity contribution in [1.82, 2.24) is 0 Å². The lowest BCUT2D eigenvalue weighted by Crippen LogP contribution is -2.13. The molecule has 1 aromatic carbocycles. The molecule has 0 radical (unpaired) electrons. The summed E-state index contributed by atoms with van der Waals surface area (Å²) < 4.78 is 4.98. The zero-order valence-corrected chi connectivity index (χ0v) is 11.8. The van der Waals surface area contributed by atoms with Crippen LogP contribution in [0.25, 0.3) is 0 Å². The molecule has 0 saturated carbocycles. The zero-order chi connectivity index (χ0) is 14.7. The average molecular weight is 271 g/mol. The van der Waals surface area contributed by atoms with Crippen LogP contribution in [-0.2, 0) is 6.54 Å². The third-order valence-corrected chi connectivity index (χ3v) is 3.04. The monoisotopic (exact) mass is 271 g/mol. The highest BCUT2D eigenvalue weighted by Gasteiger charge is 2.12. The molecule has 20 heavy (non-hydrogen) atoms. The molecule has 104 valence electrons. The highest BCUT2D eigenvalue weighted by molar-refractivity contribution is 6.00. The first-order chi connectivity index (χ1) is 9.47. The average Bonchev–Trinajstić information content (AvgIpc) is 2.37. The van der Waals surface area contributed by atoms with Gasteiger partial charge in [-0.25, -0.2) is 4.79 Å². The second-order valence-corrected chi connectivity index (χ2v) is 4.79. The molecule has 0 aliphatic carbocycles.